The fourth-order valence-corrected chi connectivity index (χ4v) is 4.36. The van der Waals surface area contributed by atoms with Crippen LogP contribution in [0.25, 0.3) is 0 Å². The van der Waals surface area contributed by atoms with Crippen molar-refractivity contribution < 1.29 is 14.4 Å². The highest BCUT2D eigenvalue weighted by Gasteiger charge is 2.41. The molecular formula is C21H23N3O3. The van der Waals surface area contributed by atoms with Crippen LogP contribution in [0.1, 0.15) is 48.3 Å². The minimum Gasteiger partial charge on any atom is -0.331 e. The molecule has 0 saturated heterocycles. The number of imidazole rings is 1. The van der Waals surface area contributed by atoms with Gasteiger partial charge in [0.25, 0.3) is 0 Å². The standard InChI is InChI=1S/C21H23N3O3/c1-24-10-9-22-20(24)19(26)13-5-7-17(8-6-13)23-21(27)16-11-14-3-2-4-15(12-16)18(14)25/h5-10,14-16H,2-4,11-12H2,1H3,(H,23,27). The van der Waals surface area contributed by atoms with Gasteiger partial charge in [-0.05, 0) is 49.9 Å². The topological polar surface area (TPSA) is 81.1 Å². The number of hydrogen-bond acceptors (Lipinski definition) is 4. The summed E-state index contributed by atoms with van der Waals surface area (Å²) in [7, 11) is 1.78. The van der Waals surface area contributed by atoms with Gasteiger partial charge < -0.3 is 9.88 Å². The Bertz CT molecular complexity index is 868. The van der Waals surface area contributed by atoms with Gasteiger partial charge in [0.2, 0.25) is 11.7 Å². The lowest BCUT2D eigenvalue weighted by atomic mass is 9.67. The molecule has 4 rings (SSSR count). The molecule has 2 aliphatic rings. The molecule has 2 aromatic rings. The zero-order chi connectivity index (χ0) is 19.0. The number of nitrogens with one attached hydrogen (secondary N) is 1. The summed E-state index contributed by atoms with van der Waals surface area (Å²) < 4.78 is 1.68. The van der Waals surface area contributed by atoms with Gasteiger partial charge in [-0.3, -0.25) is 14.4 Å². The lowest BCUT2D eigenvalue weighted by molar-refractivity contribution is -0.136. The van der Waals surface area contributed by atoms with Crippen molar-refractivity contribution in [3.63, 3.8) is 0 Å². The molecule has 2 saturated carbocycles. The van der Waals surface area contributed by atoms with E-state index in [4.69, 9.17) is 0 Å². The van der Waals surface area contributed by atoms with Crippen molar-refractivity contribution in [1.29, 1.82) is 0 Å². The molecule has 140 valence electrons. The second-order valence-electron chi connectivity index (χ2n) is 7.65. The van der Waals surface area contributed by atoms with Crippen LogP contribution >= 0.6 is 0 Å². The normalized spacial score (nSPS) is 24.5. The number of ketones is 2. The van der Waals surface area contributed by atoms with E-state index in [1.54, 1.807) is 48.3 Å². The van der Waals surface area contributed by atoms with E-state index in [1.165, 1.54) is 0 Å². The van der Waals surface area contributed by atoms with Gasteiger partial charge in [-0.15, -0.1) is 0 Å². The minimum atomic E-state index is -0.154. The van der Waals surface area contributed by atoms with Crippen LogP contribution in [0.3, 0.4) is 0 Å². The number of carbonyl (C=O) groups is 3. The number of hydrogen-bond donors (Lipinski definition) is 1. The SMILES string of the molecule is Cn1ccnc1C(=O)c1ccc(NC(=O)C2CC3CCCC(C2)C3=O)cc1. The van der Waals surface area contributed by atoms with Gasteiger partial charge in [0.05, 0.1) is 0 Å². The highest BCUT2D eigenvalue weighted by Crippen LogP contribution is 2.40. The highest BCUT2D eigenvalue weighted by molar-refractivity contribution is 6.07. The molecule has 2 atom stereocenters. The molecule has 2 fully saturated rings. The van der Waals surface area contributed by atoms with E-state index in [2.05, 4.69) is 10.3 Å². The third-order valence-corrected chi connectivity index (χ3v) is 5.86. The average molecular weight is 365 g/mol. The number of anilines is 1. The molecule has 2 bridgehead atoms. The van der Waals surface area contributed by atoms with Crippen molar-refractivity contribution in [2.45, 2.75) is 32.1 Å². The average Bonchev–Trinajstić information content (AvgIpc) is 3.07. The minimum absolute atomic E-state index is 0.0254. The molecule has 1 heterocycles. The predicted octanol–water partition coefficient (Wildman–Crippen LogP) is 2.99. The van der Waals surface area contributed by atoms with Gasteiger partial charge in [0, 0.05) is 48.4 Å². The predicted molar refractivity (Wildman–Crippen MR) is 100 cm³/mol. The van der Waals surface area contributed by atoms with E-state index in [0.717, 1.165) is 19.3 Å². The van der Waals surface area contributed by atoms with Gasteiger partial charge in [-0.25, -0.2) is 4.98 Å². The van der Waals surface area contributed by atoms with Crippen LogP contribution < -0.4 is 5.32 Å². The number of carbonyl (C=O) groups excluding carboxylic acids is 3. The Kier molecular flexibility index (Phi) is 4.64. The number of amides is 1. The van der Waals surface area contributed by atoms with Crippen LogP contribution in [-0.2, 0) is 16.6 Å². The maximum atomic E-state index is 12.7. The number of benzene rings is 1. The Labute approximate surface area is 158 Å². The summed E-state index contributed by atoms with van der Waals surface area (Å²) in [4.78, 5) is 41.4. The second kappa shape index (κ2) is 7.10. The quantitative estimate of drug-likeness (QED) is 0.845. The zero-order valence-corrected chi connectivity index (χ0v) is 15.4. The Morgan fingerprint density at radius 1 is 1.11 bits per heavy atom. The monoisotopic (exact) mass is 365 g/mol. The van der Waals surface area contributed by atoms with Crippen molar-refractivity contribution in [3.05, 3.63) is 48.0 Å². The first-order valence-electron chi connectivity index (χ1n) is 9.49. The Morgan fingerprint density at radius 3 is 2.37 bits per heavy atom. The Hall–Kier alpha value is -2.76. The van der Waals surface area contributed by atoms with Crippen LogP contribution in [0.5, 0.6) is 0 Å². The fraction of sp³-hybridized carbons (Fsp3) is 0.429. The first kappa shape index (κ1) is 17.6. The van der Waals surface area contributed by atoms with Crippen molar-refractivity contribution in [2.24, 2.45) is 24.8 Å². The molecule has 27 heavy (non-hydrogen) atoms. The lowest BCUT2D eigenvalue weighted by Gasteiger charge is -2.36. The molecule has 1 amide bonds. The summed E-state index contributed by atoms with van der Waals surface area (Å²) in [6.07, 6.45) is 7.58. The number of fused-ring (bicyclic) bond motifs is 2. The number of aromatic nitrogens is 2. The third-order valence-electron chi connectivity index (χ3n) is 5.86. The van der Waals surface area contributed by atoms with Crippen molar-refractivity contribution >= 4 is 23.2 Å². The largest absolute Gasteiger partial charge is 0.331 e. The van der Waals surface area contributed by atoms with Crippen LogP contribution in [0.15, 0.2) is 36.7 Å². The van der Waals surface area contributed by atoms with Crippen molar-refractivity contribution in [2.75, 3.05) is 5.32 Å². The van der Waals surface area contributed by atoms with Crippen molar-refractivity contribution in [1.82, 2.24) is 9.55 Å². The first-order chi connectivity index (χ1) is 13.0. The van der Waals surface area contributed by atoms with E-state index in [1.807, 2.05) is 0 Å². The second-order valence-corrected chi connectivity index (χ2v) is 7.65. The van der Waals surface area contributed by atoms with E-state index in [0.29, 0.717) is 35.7 Å². The lowest BCUT2D eigenvalue weighted by Crippen LogP contribution is -2.40. The molecule has 2 aliphatic carbocycles. The number of nitrogens with zero attached hydrogens (tertiary/aromatic N) is 2. The summed E-state index contributed by atoms with van der Waals surface area (Å²) in [5.41, 5.74) is 1.19. The summed E-state index contributed by atoms with van der Waals surface area (Å²) in [6.45, 7) is 0. The summed E-state index contributed by atoms with van der Waals surface area (Å²) in [6, 6.07) is 6.88. The molecule has 0 spiro atoms. The Balaban J connectivity index is 1.41. The van der Waals surface area contributed by atoms with Gasteiger partial charge in [0.15, 0.2) is 5.82 Å². The molecule has 1 N–H and O–H groups in total. The molecule has 0 radical (unpaired) electrons. The summed E-state index contributed by atoms with van der Waals surface area (Å²) in [5.74, 6) is 0.582. The molecule has 6 nitrogen and oxygen atoms in total. The summed E-state index contributed by atoms with van der Waals surface area (Å²) >= 11 is 0. The first-order valence-corrected chi connectivity index (χ1v) is 9.49. The Morgan fingerprint density at radius 2 is 1.78 bits per heavy atom. The van der Waals surface area contributed by atoms with Gasteiger partial charge >= 0.3 is 0 Å². The van der Waals surface area contributed by atoms with Gasteiger partial charge in [-0.2, -0.15) is 0 Å². The van der Waals surface area contributed by atoms with E-state index in [-0.39, 0.29) is 29.4 Å². The van der Waals surface area contributed by atoms with Crippen LogP contribution in [0.4, 0.5) is 5.69 Å². The maximum Gasteiger partial charge on any atom is 0.228 e. The van der Waals surface area contributed by atoms with Gasteiger partial charge in [-0.1, -0.05) is 6.42 Å². The number of Topliss-reactive ketones (excluding diaryl/α,β-unsaturated/α-hetero) is 1. The zero-order valence-electron chi connectivity index (χ0n) is 15.4. The van der Waals surface area contributed by atoms with E-state index >= 15 is 0 Å². The maximum absolute atomic E-state index is 12.7. The smallest absolute Gasteiger partial charge is 0.228 e. The number of aryl methyl sites for hydroxylation is 1. The molecule has 2 unspecified atom stereocenters. The van der Waals surface area contributed by atoms with E-state index < -0.39 is 0 Å². The highest BCUT2D eigenvalue weighted by atomic mass is 16.2. The fourth-order valence-electron chi connectivity index (χ4n) is 4.36. The van der Waals surface area contributed by atoms with Crippen LogP contribution in [0, 0.1) is 17.8 Å². The molecule has 1 aromatic heterocycles. The third kappa shape index (κ3) is 3.44. The van der Waals surface area contributed by atoms with Crippen LogP contribution in [0.2, 0.25) is 0 Å². The van der Waals surface area contributed by atoms with Crippen LogP contribution in [-0.4, -0.2) is 27.0 Å². The van der Waals surface area contributed by atoms with E-state index in [9.17, 15) is 14.4 Å². The molecule has 1 aromatic carbocycles. The molecule has 0 aliphatic heterocycles. The summed E-state index contributed by atoms with van der Waals surface area (Å²) in [5, 5.41) is 2.95. The van der Waals surface area contributed by atoms with Crippen molar-refractivity contribution in [3.8, 4) is 0 Å². The number of rotatable bonds is 4. The molecular weight excluding hydrogens is 342 g/mol. The van der Waals surface area contributed by atoms with Gasteiger partial charge in [0.1, 0.15) is 5.78 Å². The molecule has 6 heteroatoms.